The number of hydrogen-bond acceptors (Lipinski definition) is 8. The van der Waals surface area contributed by atoms with E-state index >= 15 is 0 Å². The largest absolute Gasteiger partial charge is 0.756 e. The van der Waals surface area contributed by atoms with Gasteiger partial charge in [-0.15, -0.1) is 0 Å². The highest BCUT2D eigenvalue weighted by Gasteiger charge is 2.21. The van der Waals surface area contributed by atoms with Gasteiger partial charge in [0.05, 0.1) is 27.7 Å². The van der Waals surface area contributed by atoms with E-state index in [1.54, 1.807) is 0 Å². The van der Waals surface area contributed by atoms with Crippen LogP contribution in [0.2, 0.25) is 0 Å². The van der Waals surface area contributed by atoms with Gasteiger partial charge in [-0.2, -0.15) is 0 Å². The van der Waals surface area contributed by atoms with Gasteiger partial charge in [-0.1, -0.05) is 120 Å². The Kier molecular flexibility index (Phi) is 33.0. The predicted molar refractivity (Wildman–Crippen MR) is 213 cm³/mol. The number of ether oxygens (including phenoxy) is 2. The van der Waals surface area contributed by atoms with E-state index in [9.17, 15) is 19.0 Å². The molecular weight excluding hydrogens is 677 g/mol. The highest BCUT2D eigenvalue weighted by Crippen LogP contribution is 2.38. The second-order valence-electron chi connectivity index (χ2n) is 14.3. The SMILES string of the molecule is CCCC/C=C/CCCCCCCC(=O)OC[C@H](COP(=O)([O-])OCC[N+](C)(C)C)OC(=O)CCC/C=C/C/C=C/C/C=C/C/C=C/CCCCC. The molecule has 0 rings (SSSR count). The Morgan fingerprint density at radius 1 is 0.596 bits per heavy atom. The van der Waals surface area contributed by atoms with Gasteiger partial charge in [0.1, 0.15) is 19.8 Å². The molecule has 0 aromatic heterocycles. The first kappa shape index (κ1) is 49.7. The van der Waals surface area contributed by atoms with Crippen LogP contribution in [-0.2, 0) is 32.7 Å². The van der Waals surface area contributed by atoms with Gasteiger partial charge in [0.2, 0.25) is 0 Å². The Labute approximate surface area is 317 Å². The molecule has 0 amide bonds. The molecule has 10 heteroatoms. The van der Waals surface area contributed by atoms with Crippen LogP contribution in [0.3, 0.4) is 0 Å². The van der Waals surface area contributed by atoms with Crippen molar-refractivity contribution in [1.29, 1.82) is 0 Å². The van der Waals surface area contributed by atoms with Crippen molar-refractivity contribution in [3.8, 4) is 0 Å². The number of hydrogen-bond donors (Lipinski definition) is 0. The van der Waals surface area contributed by atoms with Crippen molar-refractivity contribution < 1.29 is 42.1 Å². The Hall–Kier alpha value is -2.29. The monoisotopic (exact) mass is 752 g/mol. The molecule has 0 radical (unpaired) electrons. The van der Waals surface area contributed by atoms with E-state index in [1.165, 1.54) is 38.5 Å². The number of quaternary nitrogens is 1. The average molecular weight is 752 g/mol. The zero-order chi connectivity index (χ0) is 38.6. The Morgan fingerprint density at radius 2 is 1.08 bits per heavy atom. The maximum absolute atomic E-state index is 12.6. The summed E-state index contributed by atoms with van der Waals surface area (Å²) in [7, 11) is 1.12. The van der Waals surface area contributed by atoms with Crippen LogP contribution < -0.4 is 4.89 Å². The van der Waals surface area contributed by atoms with Crippen molar-refractivity contribution in [3.05, 3.63) is 60.8 Å². The van der Waals surface area contributed by atoms with Crippen molar-refractivity contribution in [2.75, 3.05) is 47.5 Å². The van der Waals surface area contributed by atoms with E-state index in [4.69, 9.17) is 18.5 Å². The zero-order valence-corrected chi connectivity index (χ0v) is 34.4. The number of unbranched alkanes of at least 4 members (excludes halogenated alkanes) is 11. The van der Waals surface area contributed by atoms with Crippen LogP contribution in [0.15, 0.2) is 60.8 Å². The molecule has 0 fully saturated rings. The number of esters is 2. The molecule has 0 aliphatic rings. The molecule has 0 heterocycles. The van der Waals surface area contributed by atoms with E-state index in [0.717, 1.165) is 57.8 Å². The number of phosphoric acid groups is 1. The van der Waals surface area contributed by atoms with E-state index in [1.807, 2.05) is 27.2 Å². The molecule has 0 aromatic carbocycles. The fourth-order valence-electron chi connectivity index (χ4n) is 4.80. The van der Waals surface area contributed by atoms with E-state index < -0.39 is 32.5 Å². The molecule has 0 aromatic rings. The van der Waals surface area contributed by atoms with Crippen molar-refractivity contribution in [2.24, 2.45) is 0 Å². The molecular formula is C42H74NO8P. The van der Waals surface area contributed by atoms with E-state index in [-0.39, 0.29) is 26.1 Å². The number of allylic oxidation sites excluding steroid dienone is 10. The molecule has 300 valence electrons. The minimum atomic E-state index is -4.64. The molecule has 9 nitrogen and oxygen atoms in total. The molecule has 2 atom stereocenters. The van der Waals surface area contributed by atoms with Gasteiger partial charge in [-0.3, -0.25) is 14.2 Å². The van der Waals surface area contributed by atoms with Gasteiger partial charge >= 0.3 is 11.9 Å². The lowest BCUT2D eigenvalue weighted by atomic mass is 10.1. The molecule has 0 N–H and O–H groups in total. The number of rotatable bonds is 35. The predicted octanol–water partition coefficient (Wildman–Crippen LogP) is 10.3. The van der Waals surface area contributed by atoms with Crippen LogP contribution in [0.4, 0.5) is 0 Å². The van der Waals surface area contributed by atoms with Gasteiger partial charge in [0, 0.05) is 12.8 Å². The summed E-state index contributed by atoms with van der Waals surface area (Å²) in [5, 5.41) is 0. The number of nitrogens with zero attached hydrogens (tertiary/aromatic N) is 1. The second kappa shape index (κ2) is 34.5. The highest BCUT2D eigenvalue weighted by molar-refractivity contribution is 7.45. The zero-order valence-electron chi connectivity index (χ0n) is 33.5. The lowest BCUT2D eigenvalue weighted by Gasteiger charge is -2.28. The van der Waals surface area contributed by atoms with Gasteiger partial charge < -0.3 is 27.9 Å². The first-order chi connectivity index (χ1) is 25.0. The number of carbonyl (C=O) groups is 2. The minimum Gasteiger partial charge on any atom is -0.756 e. The molecule has 0 saturated carbocycles. The Morgan fingerprint density at radius 3 is 1.67 bits per heavy atom. The lowest BCUT2D eigenvalue weighted by molar-refractivity contribution is -0.870. The average Bonchev–Trinajstić information content (AvgIpc) is 3.09. The van der Waals surface area contributed by atoms with Crippen molar-refractivity contribution in [3.63, 3.8) is 0 Å². The summed E-state index contributed by atoms with van der Waals surface area (Å²) in [5.74, 6) is -0.919. The summed E-state index contributed by atoms with van der Waals surface area (Å²) in [6.07, 6.45) is 39.7. The summed E-state index contributed by atoms with van der Waals surface area (Å²) >= 11 is 0. The first-order valence-electron chi connectivity index (χ1n) is 20.0. The van der Waals surface area contributed by atoms with Crippen LogP contribution in [-0.4, -0.2) is 70.0 Å². The summed E-state index contributed by atoms with van der Waals surface area (Å²) in [6, 6.07) is 0. The number of carbonyl (C=O) groups excluding carboxylic acids is 2. The minimum absolute atomic E-state index is 0.0448. The van der Waals surface area contributed by atoms with Crippen molar-refractivity contribution >= 4 is 19.8 Å². The maximum atomic E-state index is 12.6. The van der Waals surface area contributed by atoms with E-state index in [2.05, 4.69) is 68.5 Å². The summed E-state index contributed by atoms with van der Waals surface area (Å²) in [4.78, 5) is 37.3. The van der Waals surface area contributed by atoms with Crippen LogP contribution >= 0.6 is 7.82 Å². The number of likely N-dealkylation sites (N-methyl/N-ethyl adjacent to an activating group) is 1. The van der Waals surface area contributed by atoms with Crippen molar-refractivity contribution in [1.82, 2.24) is 0 Å². The summed E-state index contributed by atoms with van der Waals surface area (Å²) in [5.41, 5.74) is 0. The topological polar surface area (TPSA) is 111 Å². The third-order valence-electron chi connectivity index (χ3n) is 8.01. The molecule has 0 aliphatic heterocycles. The molecule has 52 heavy (non-hydrogen) atoms. The third-order valence-corrected chi connectivity index (χ3v) is 8.97. The van der Waals surface area contributed by atoms with E-state index in [0.29, 0.717) is 30.3 Å². The molecule has 1 unspecified atom stereocenters. The molecule has 0 aliphatic carbocycles. The van der Waals surface area contributed by atoms with Crippen molar-refractivity contribution in [2.45, 2.75) is 148 Å². The van der Waals surface area contributed by atoms with Gasteiger partial charge in [0.25, 0.3) is 7.82 Å². The third kappa shape index (κ3) is 37.5. The molecule has 0 saturated heterocycles. The number of phosphoric ester groups is 1. The smallest absolute Gasteiger partial charge is 0.306 e. The quantitative estimate of drug-likeness (QED) is 0.0207. The normalized spacial score (nSPS) is 14.3. The summed E-state index contributed by atoms with van der Waals surface area (Å²) in [6.45, 7) is 4.05. The highest BCUT2D eigenvalue weighted by atomic mass is 31.2. The van der Waals surface area contributed by atoms with Crippen LogP contribution in [0.25, 0.3) is 0 Å². The Balaban J connectivity index is 4.54. The first-order valence-corrected chi connectivity index (χ1v) is 21.5. The Bertz CT molecular complexity index is 1080. The maximum Gasteiger partial charge on any atom is 0.306 e. The van der Waals surface area contributed by atoms with Gasteiger partial charge in [-0.05, 0) is 70.6 Å². The fraction of sp³-hybridized carbons (Fsp3) is 0.714. The summed E-state index contributed by atoms with van der Waals surface area (Å²) < 4.78 is 33.7. The van der Waals surface area contributed by atoms with Gasteiger partial charge in [-0.25, -0.2) is 0 Å². The van der Waals surface area contributed by atoms with Crippen LogP contribution in [0.5, 0.6) is 0 Å². The van der Waals surface area contributed by atoms with Crippen LogP contribution in [0.1, 0.15) is 142 Å². The molecule has 0 bridgehead atoms. The standard InChI is InChI=1S/C42H74NO8P/c1-6-8-10-12-14-16-18-19-20-21-22-23-25-27-29-31-33-35-42(45)51-40(39-50-52(46,47)49-37-36-43(3,4)5)38-48-41(44)34-32-30-28-26-24-17-15-13-11-9-7-2/h13-16,19-20,22-23,27,29,40H,6-12,17-18,21,24-26,28,30-39H2,1-5H3/b15-13+,16-14+,20-19+,23-22+,29-27+/t40-/m1/s1. The molecule has 0 spiro atoms. The van der Waals surface area contributed by atoms with Crippen LogP contribution in [0, 0.1) is 0 Å². The second-order valence-corrected chi connectivity index (χ2v) is 15.7. The lowest BCUT2D eigenvalue weighted by Crippen LogP contribution is -2.37. The van der Waals surface area contributed by atoms with Gasteiger partial charge in [0.15, 0.2) is 6.10 Å². The fourth-order valence-corrected chi connectivity index (χ4v) is 5.53.